The Balaban J connectivity index is 1.83. The lowest BCUT2D eigenvalue weighted by Crippen LogP contribution is -2.31. The maximum atomic E-state index is 12.7. The second-order valence-electron chi connectivity index (χ2n) is 6.21. The van der Waals surface area contributed by atoms with Crippen molar-refractivity contribution in [1.82, 2.24) is 9.29 Å². The third kappa shape index (κ3) is 3.54. The average Bonchev–Trinajstić information content (AvgIpc) is 3.21. The van der Waals surface area contributed by atoms with Gasteiger partial charge in [0.2, 0.25) is 15.9 Å². The summed E-state index contributed by atoms with van der Waals surface area (Å²) in [6.07, 6.45) is 0.933. The molecule has 0 N–H and O–H groups in total. The Hall–Kier alpha value is -1.77. The van der Waals surface area contributed by atoms with Crippen LogP contribution in [0, 0.1) is 6.92 Å². The molecule has 6 nitrogen and oxygen atoms in total. The Labute approximate surface area is 158 Å². The number of aryl methyl sites for hydroxylation is 1. The summed E-state index contributed by atoms with van der Waals surface area (Å²) < 4.78 is 26.8. The molecular formula is C18H23N3O3S2. The average molecular weight is 394 g/mol. The van der Waals surface area contributed by atoms with Crippen molar-refractivity contribution in [3.63, 3.8) is 0 Å². The lowest BCUT2D eigenvalue weighted by molar-refractivity contribution is -0.117. The fourth-order valence-electron chi connectivity index (χ4n) is 3.25. The number of nitrogens with zero attached hydrogens (tertiary/aromatic N) is 3. The zero-order chi connectivity index (χ0) is 18.9. The largest absolute Gasteiger partial charge is 0.311 e. The smallest absolute Gasteiger partial charge is 0.243 e. The van der Waals surface area contributed by atoms with Gasteiger partial charge >= 0.3 is 0 Å². The number of rotatable bonds is 6. The van der Waals surface area contributed by atoms with E-state index in [-0.39, 0.29) is 12.3 Å². The third-order valence-electron chi connectivity index (χ3n) is 4.59. The SMILES string of the molecule is CCN(CC)S(=O)(=O)c1ccc2c(c1)CCN2C(=O)Cc1csc(C)n1. The minimum absolute atomic E-state index is 0.00611. The number of hydrogen-bond donors (Lipinski definition) is 0. The quantitative estimate of drug-likeness (QED) is 0.756. The molecule has 0 radical (unpaired) electrons. The van der Waals surface area contributed by atoms with Crippen LogP contribution in [0.1, 0.15) is 30.1 Å². The van der Waals surface area contributed by atoms with Crippen LogP contribution in [0.3, 0.4) is 0 Å². The molecule has 0 unspecified atom stereocenters. The van der Waals surface area contributed by atoms with E-state index < -0.39 is 10.0 Å². The van der Waals surface area contributed by atoms with Crippen molar-refractivity contribution < 1.29 is 13.2 Å². The summed E-state index contributed by atoms with van der Waals surface area (Å²) in [6, 6.07) is 5.07. The molecule has 140 valence electrons. The molecular weight excluding hydrogens is 370 g/mol. The second-order valence-corrected chi connectivity index (χ2v) is 9.21. The van der Waals surface area contributed by atoms with Gasteiger partial charge in [0.15, 0.2) is 0 Å². The first-order valence-electron chi connectivity index (χ1n) is 8.71. The molecule has 0 saturated heterocycles. The minimum atomic E-state index is -3.49. The summed E-state index contributed by atoms with van der Waals surface area (Å²) >= 11 is 1.53. The van der Waals surface area contributed by atoms with Gasteiger partial charge in [0.05, 0.1) is 22.0 Å². The van der Waals surface area contributed by atoms with E-state index >= 15 is 0 Å². The fraction of sp³-hybridized carbons (Fsp3) is 0.444. The molecule has 0 aliphatic carbocycles. The van der Waals surface area contributed by atoms with Gasteiger partial charge in [-0.1, -0.05) is 13.8 Å². The highest BCUT2D eigenvalue weighted by Gasteiger charge is 2.28. The van der Waals surface area contributed by atoms with Crippen LogP contribution in [0.25, 0.3) is 0 Å². The highest BCUT2D eigenvalue weighted by Crippen LogP contribution is 2.31. The number of benzene rings is 1. The number of anilines is 1. The van der Waals surface area contributed by atoms with E-state index in [1.165, 1.54) is 15.6 Å². The van der Waals surface area contributed by atoms with E-state index in [0.29, 0.717) is 31.0 Å². The number of fused-ring (bicyclic) bond motifs is 1. The van der Waals surface area contributed by atoms with E-state index in [9.17, 15) is 13.2 Å². The first-order valence-corrected chi connectivity index (χ1v) is 11.0. The molecule has 2 aromatic rings. The number of aromatic nitrogens is 1. The highest BCUT2D eigenvalue weighted by molar-refractivity contribution is 7.89. The topological polar surface area (TPSA) is 70.6 Å². The van der Waals surface area contributed by atoms with Gasteiger partial charge in [-0.2, -0.15) is 4.31 Å². The van der Waals surface area contributed by atoms with E-state index in [0.717, 1.165) is 22.0 Å². The Kier molecular flexibility index (Phi) is 5.45. The zero-order valence-corrected chi connectivity index (χ0v) is 16.9. The maximum Gasteiger partial charge on any atom is 0.243 e. The Morgan fingerprint density at radius 2 is 2.04 bits per heavy atom. The van der Waals surface area contributed by atoms with Gasteiger partial charge < -0.3 is 4.90 Å². The maximum absolute atomic E-state index is 12.7. The Morgan fingerprint density at radius 1 is 1.31 bits per heavy atom. The zero-order valence-electron chi connectivity index (χ0n) is 15.2. The molecule has 1 aliphatic rings. The van der Waals surface area contributed by atoms with Crippen LogP contribution < -0.4 is 4.90 Å². The number of thiazole rings is 1. The van der Waals surface area contributed by atoms with Crippen molar-refractivity contribution in [3.8, 4) is 0 Å². The number of sulfonamides is 1. The van der Waals surface area contributed by atoms with E-state index in [2.05, 4.69) is 4.98 Å². The molecule has 3 rings (SSSR count). The van der Waals surface area contributed by atoms with Crippen LogP contribution in [0.5, 0.6) is 0 Å². The molecule has 1 amide bonds. The molecule has 1 aliphatic heterocycles. The van der Waals surface area contributed by atoms with Gasteiger partial charge in [-0.3, -0.25) is 4.79 Å². The van der Waals surface area contributed by atoms with Crippen molar-refractivity contribution >= 4 is 33.0 Å². The second kappa shape index (κ2) is 7.46. The molecule has 1 aromatic carbocycles. The molecule has 26 heavy (non-hydrogen) atoms. The van der Waals surface area contributed by atoms with Gasteiger partial charge in [-0.25, -0.2) is 13.4 Å². The molecule has 0 bridgehead atoms. The van der Waals surface area contributed by atoms with Crippen molar-refractivity contribution in [2.75, 3.05) is 24.5 Å². The molecule has 0 atom stereocenters. The summed E-state index contributed by atoms with van der Waals surface area (Å²) in [4.78, 5) is 19.0. The molecule has 8 heteroatoms. The summed E-state index contributed by atoms with van der Waals surface area (Å²) in [5.41, 5.74) is 2.49. The minimum Gasteiger partial charge on any atom is -0.311 e. The summed E-state index contributed by atoms with van der Waals surface area (Å²) in [5, 5.41) is 2.85. The predicted octanol–water partition coefficient (Wildman–Crippen LogP) is 2.61. The van der Waals surface area contributed by atoms with Gasteiger partial charge in [-0.15, -0.1) is 11.3 Å². The Bertz CT molecular complexity index is 918. The number of hydrogen-bond acceptors (Lipinski definition) is 5. The van der Waals surface area contributed by atoms with E-state index in [1.807, 2.05) is 26.2 Å². The monoisotopic (exact) mass is 393 g/mol. The van der Waals surface area contributed by atoms with Crippen LogP contribution in [0.15, 0.2) is 28.5 Å². The molecule has 1 aromatic heterocycles. The van der Waals surface area contributed by atoms with Crippen LogP contribution in [0.2, 0.25) is 0 Å². The summed E-state index contributed by atoms with van der Waals surface area (Å²) in [7, 11) is -3.49. The van der Waals surface area contributed by atoms with E-state index in [4.69, 9.17) is 0 Å². The van der Waals surface area contributed by atoms with Gasteiger partial charge in [-0.05, 0) is 37.1 Å². The first kappa shape index (κ1) is 19.0. The van der Waals surface area contributed by atoms with Crippen LogP contribution >= 0.6 is 11.3 Å². The highest BCUT2D eigenvalue weighted by atomic mass is 32.2. The van der Waals surface area contributed by atoms with Crippen LogP contribution in [-0.2, 0) is 27.7 Å². The fourth-order valence-corrected chi connectivity index (χ4v) is 5.37. The van der Waals surface area contributed by atoms with Gasteiger partial charge in [0.1, 0.15) is 0 Å². The van der Waals surface area contributed by atoms with Crippen molar-refractivity contribution in [3.05, 3.63) is 39.8 Å². The molecule has 0 saturated carbocycles. The molecule has 0 spiro atoms. The summed E-state index contributed by atoms with van der Waals surface area (Å²) in [6.45, 7) is 7.03. The lowest BCUT2D eigenvalue weighted by atomic mass is 10.2. The Morgan fingerprint density at radius 3 is 2.65 bits per heavy atom. The molecule has 2 heterocycles. The van der Waals surface area contributed by atoms with Crippen molar-refractivity contribution in [2.24, 2.45) is 0 Å². The van der Waals surface area contributed by atoms with Gasteiger partial charge in [0.25, 0.3) is 0 Å². The normalized spacial score (nSPS) is 14.1. The standard InChI is InChI=1S/C18H23N3O3S2/c1-4-20(5-2)26(23,24)16-6-7-17-14(10-16)8-9-21(17)18(22)11-15-12-25-13(3)19-15/h6-7,10,12H,4-5,8-9,11H2,1-3H3. The number of amides is 1. The third-order valence-corrected chi connectivity index (χ3v) is 7.46. The molecule has 0 fully saturated rings. The van der Waals surface area contributed by atoms with Crippen molar-refractivity contribution in [2.45, 2.75) is 38.5 Å². The van der Waals surface area contributed by atoms with E-state index in [1.54, 1.807) is 23.1 Å². The first-order chi connectivity index (χ1) is 12.4. The van der Waals surface area contributed by atoms with Crippen molar-refractivity contribution in [1.29, 1.82) is 0 Å². The predicted molar refractivity (Wildman–Crippen MR) is 103 cm³/mol. The number of carbonyl (C=O) groups excluding carboxylic acids is 1. The summed E-state index contributed by atoms with van der Waals surface area (Å²) in [5.74, 6) is -0.00611. The number of carbonyl (C=O) groups is 1. The van der Waals surface area contributed by atoms with Crippen LogP contribution in [0.4, 0.5) is 5.69 Å². The van der Waals surface area contributed by atoms with Gasteiger partial charge in [0, 0.05) is 30.7 Å². The van der Waals surface area contributed by atoms with Crippen LogP contribution in [-0.4, -0.2) is 43.2 Å². The lowest BCUT2D eigenvalue weighted by Gasteiger charge is -2.20.